The van der Waals surface area contributed by atoms with Gasteiger partial charge in [0, 0.05) is 24.2 Å². The van der Waals surface area contributed by atoms with Crippen LogP contribution < -0.4 is 4.90 Å². The molecule has 1 aromatic carbocycles. The highest BCUT2D eigenvalue weighted by molar-refractivity contribution is 5.68. The summed E-state index contributed by atoms with van der Waals surface area (Å²) in [5.74, 6) is 0. The van der Waals surface area contributed by atoms with Crippen LogP contribution in [-0.4, -0.2) is 32.6 Å². The zero-order valence-corrected chi connectivity index (χ0v) is 11.9. The van der Waals surface area contributed by atoms with E-state index in [1.54, 1.807) is 0 Å². The highest BCUT2D eigenvalue weighted by atomic mass is 16.5. The standard InChI is InChI=1S/C16H23NO2/c1-3-8-16(2,13-18)14-4-6-15(7-5-14)17-9-11-19-12-10-17/h4-7,13H,3,8-12H2,1-2H3. The van der Waals surface area contributed by atoms with E-state index in [1.807, 2.05) is 6.92 Å². The fourth-order valence-electron chi connectivity index (χ4n) is 2.67. The van der Waals surface area contributed by atoms with Crippen molar-refractivity contribution in [3.05, 3.63) is 29.8 Å². The third-order valence-corrected chi connectivity index (χ3v) is 3.93. The normalized spacial score (nSPS) is 18.9. The summed E-state index contributed by atoms with van der Waals surface area (Å²) >= 11 is 0. The molecular formula is C16H23NO2. The molecule has 2 rings (SSSR count). The monoisotopic (exact) mass is 261 g/mol. The molecule has 19 heavy (non-hydrogen) atoms. The second-order valence-electron chi connectivity index (χ2n) is 5.43. The quantitative estimate of drug-likeness (QED) is 0.763. The molecule has 1 aromatic rings. The van der Waals surface area contributed by atoms with Crippen molar-refractivity contribution in [1.82, 2.24) is 0 Å². The van der Waals surface area contributed by atoms with E-state index in [2.05, 4.69) is 36.1 Å². The van der Waals surface area contributed by atoms with Crippen molar-refractivity contribution < 1.29 is 9.53 Å². The molecule has 104 valence electrons. The average molecular weight is 261 g/mol. The van der Waals surface area contributed by atoms with Gasteiger partial charge in [-0.3, -0.25) is 0 Å². The largest absolute Gasteiger partial charge is 0.378 e. The van der Waals surface area contributed by atoms with Crippen molar-refractivity contribution >= 4 is 12.0 Å². The lowest BCUT2D eigenvalue weighted by Gasteiger charge is -2.30. The van der Waals surface area contributed by atoms with Crippen molar-refractivity contribution in [2.24, 2.45) is 0 Å². The molecule has 0 amide bonds. The van der Waals surface area contributed by atoms with Gasteiger partial charge in [0.2, 0.25) is 0 Å². The van der Waals surface area contributed by atoms with E-state index in [0.717, 1.165) is 51.0 Å². The molecule has 1 fully saturated rings. The number of carbonyl (C=O) groups is 1. The molecule has 1 atom stereocenters. The number of nitrogens with zero attached hydrogens (tertiary/aromatic N) is 1. The number of aldehydes is 1. The minimum atomic E-state index is -0.349. The lowest BCUT2D eigenvalue weighted by Crippen LogP contribution is -2.36. The second kappa shape index (κ2) is 6.20. The highest BCUT2D eigenvalue weighted by Gasteiger charge is 2.25. The average Bonchev–Trinajstić information content (AvgIpc) is 2.48. The van der Waals surface area contributed by atoms with Gasteiger partial charge in [-0.1, -0.05) is 25.5 Å². The molecule has 1 unspecified atom stereocenters. The van der Waals surface area contributed by atoms with Crippen LogP contribution in [0.2, 0.25) is 0 Å². The first-order chi connectivity index (χ1) is 9.19. The van der Waals surface area contributed by atoms with Crippen molar-refractivity contribution in [2.75, 3.05) is 31.2 Å². The zero-order chi connectivity index (χ0) is 13.7. The van der Waals surface area contributed by atoms with Gasteiger partial charge in [-0.2, -0.15) is 0 Å². The maximum Gasteiger partial charge on any atom is 0.130 e. The predicted molar refractivity (Wildman–Crippen MR) is 77.8 cm³/mol. The lowest BCUT2D eigenvalue weighted by molar-refractivity contribution is -0.112. The van der Waals surface area contributed by atoms with Gasteiger partial charge in [0.05, 0.1) is 13.2 Å². The molecule has 0 saturated carbocycles. The van der Waals surface area contributed by atoms with Crippen LogP contribution in [0.3, 0.4) is 0 Å². The Bertz CT molecular complexity index is 409. The predicted octanol–water partition coefficient (Wildman–Crippen LogP) is 2.78. The molecule has 0 N–H and O–H groups in total. The summed E-state index contributed by atoms with van der Waals surface area (Å²) in [5.41, 5.74) is 1.98. The molecule has 0 aliphatic carbocycles. The Labute approximate surface area is 115 Å². The topological polar surface area (TPSA) is 29.5 Å². The molecule has 1 heterocycles. The Morgan fingerprint density at radius 2 is 1.89 bits per heavy atom. The van der Waals surface area contributed by atoms with Crippen molar-refractivity contribution in [1.29, 1.82) is 0 Å². The number of rotatable bonds is 5. The fourth-order valence-corrected chi connectivity index (χ4v) is 2.67. The van der Waals surface area contributed by atoms with Crippen LogP contribution in [0.5, 0.6) is 0 Å². The number of carbonyl (C=O) groups excluding carboxylic acids is 1. The van der Waals surface area contributed by atoms with Crippen LogP contribution in [-0.2, 0) is 14.9 Å². The molecule has 1 saturated heterocycles. The van der Waals surface area contributed by atoms with Crippen molar-refractivity contribution in [3.63, 3.8) is 0 Å². The number of hydrogen-bond acceptors (Lipinski definition) is 3. The first kappa shape index (κ1) is 14.1. The lowest BCUT2D eigenvalue weighted by atomic mass is 9.80. The Balaban J connectivity index is 2.15. The molecule has 0 bridgehead atoms. The summed E-state index contributed by atoms with van der Waals surface area (Å²) in [4.78, 5) is 13.7. The molecule has 0 spiro atoms. The Morgan fingerprint density at radius 1 is 1.26 bits per heavy atom. The molecular weight excluding hydrogens is 238 g/mol. The maximum atomic E-state index is 11.4. The molecule has 1 aliphatic heterocycles. The second-order valence-corrected chi connectivity index (χ2v) is 5.43. The minimum absolute atomic E-state index is 0.349. The third kappa shape index (κ3) is 3.16. The van der Waals surface area contributed by atoms with E-state index in [-0.39, 0.29) is 5.41 Å². The Morgan fingerprint density at radius 3 is 2.42 bits per heavy atom. The SMILES string of the molecule is CCCC(C)(C=O)c1ccc(N2CCOCC2)cc1. The number of ether oxygens (including phenoxy) is 1. The number of anilines is 1. The summed E-state index contributed by atoms with van der Waals surface area (Å²) in [6.07, 6.45) is 2.99. The van der Waals surface area contributed by atoms with E-state index in [9.17, 15) is 4.79 Å². The Kier molecular flexibility index (Phi) is 4.59. The summed E-state index contributed by atoms with van der Waals surface area (Å²) in [6, 6.07) is 8.43. The van der Waals surface area contributed by atoms with Crippen LogP contribution >= 0.6 is 0 Å². The van der Waals surface area contributed by atoms with E-state index < -0.39 is 0 Å². The fraction of sp³-hybridized carbons (Fsp3) is 0.562. The Hall–Kier alpha value is -1.35. The van der Waals surface area contributed by atoms with Gasteiger partial charge >= 0.3 is 0 Å². The summed E-state index contributed by atoms with van der Waals surface area (Å²) in [6.45, 7) is 7.61. The van der Waals surface area contributed by atoms with Gasteiger partial charge in [0.25, 0.3) is 0 Å². The van der Waals surface area contributed by atoms with Crippen LogP contribution in [0.15, 0.2) is 24.3 Å². The molecule has 0 radical (unpaired) electrons. The summed E-state index contributed by atoms with van der Waals surface area (Å²) < 4.78 is 5.36. The number of morpholine rings is 1. The van der Waals surface area contributed by atoms with E-state index in [0.29, 0.717) is 0 Å². The maximum absolute atomic E-state index is 11.4. The van der Waals surface area contributed by atoms with Gasteiger partial charge in [0.1, 0.15) is 6.29 Å². The van der Waals surface area contributed by atoms with Crippen molar-refractivity contribution in [3.8, 4) is 0 Å². The summed E-state index contributed by atoms with van der Waals surface area (Å²) in [7, 11) is 0. The third-order valence-electron chi connectivity index (χ3n) is 3.93. The van der Waals surface area contributed by atoms with Crippen LogP contribution in [0.1, 0.15) is 32.3 Å². The van der Waals surface area contributed by atoms with Gasteiger partial charge < -0.3 is 14.4 Å². The number of hydrogen-bond donors (Lipinski definition) is 0. The molecule has 3 heteroatoms. The van der Waals surface area contributed by atoms with Crippen LogP contribution in [0.4, 0.5) is 5.69 Å². The zero-order valence-electron chi connectivity index (χ0n) is 11.9. The number of benzene rings is 1. The first-order valence-electron chi connectivity index (χ1n) is 7.09. The van der Waals surface area contributed by atoms with Crippen LogP contribution in [0, 0.1) is 0 Å². The van der Waals surface area contributed by atoms with Crippen LogP contribution in [0.25, 0.3) is 0 Å². The molecule has 0 aromatic heterocycles. The highest BCUT2D eigenvalue weighted by Crippen LogP contribution is 2.28. The van der Waals surface area contributed by atoms with Gasteiger partial charge in [-0.15, -0.1) is 0 Å². The van der Waals surface area contributed by atoms with Gasteiger partial charge in [0.15, 0.2) is 0 Å². The van der Waals surface area contributed by atoms with E-state index in [1.165, 1.54) is 5.69 Å². The minimum Gasteiger partial charge on any atom is -0.378 e. The van der Waals surface area contributed by atoms with Gasteiger partial charge in [-0.25, -0.2) is 0 Å². The smallest absolute Gasteiger partial charge is 0.130 e. The summed E-state index contributed by atoms with van der Waals surface area (Å²) in [5, 5.41) is 0. The molecule has 1 aliphatic rings. The van der Waals surface area contributed by atoms with Crippen molar-refractivity contribution in [2.45, 2.75) is 32.1 Å². The first-order valence-corrected chi connectivity index (χ1v) is 7.09. The van der Waals surface area contributed by atoms with E-state index >= 15 is 0 Å². The van der Waals surface area contributed by atoms with Gasteiger partial charge in [-0.05, 0) is 31.0 Å². The van der Waals surface area contributed by atoms with E-state index in [4.69, 9.17) is 4.74 Å². The molecule has 3 nitrogen and oxygen atoms in total.